The summed E-state index contributed by atoms with van der Waals surface area (Å²) in [6.45, 7) is 4.82. The van der Waals surface area contributed by atoms with Gasteiger partial charge in [-0.2, -0.15) is 0 Å². The molecule has 3 rings (SSSR count). The number of carboxylic acids is 1. The van der Waals surface area contributed by atoms with Crippen LogP contribution in [0.4, 0.5) is 5.13 Å². The molecule has 1 fully saturated rings. The van der Waals surface area contributed by atoms with E-state index in [1.54, 1.807) is 14.0 Å². The number of aryl methyl sites for hydroxylation is 1. The zero-order valence-electron chi connectivity index (χ0n) is 15.3. The van der Waals surface area contributed by atoms with Crippen molar-refractivity contribution in [1.29, 1.82) is 0 Å². The molecule has 27 heavy (non-hydrogen) atoms. The van der Waals surface area contributed by atoms with Gasteiger partial charge in [0.05, 0.1) is 17.8 Å². The number of halogens is 1. The number of aliphatic imine (C=N–C) groups is 1. The molecule has 0 saturated carbocycles. The average molecular weight is 457 g/mol. The summed E-state index contributed by atoms with van der Waals surface area (Å²) < 4.78 is 6.31. The minimum atomic E-state index is -0.964. The second-order valence-electron chi connectivity index (χ2n) is 6.61. The molecular weight excluding hydrogens is 436 g/mol. The zero-order valence-corrected chi connectivity index (χ0v) is 17.7. The second-order valence-corrected chi connectivity index (χ2v) is 8.34. The lowest BCUT2D eigenvalue weighted by Gasteiger charge is -2.37. The van der Waals surface area contributed by atoms with Crippen molar-refractivity contribution in [1.82, 2.24) is 10.3 Å². The lowest BCUT2D eigenvalue weighted by Crippen LogP contribution is -2.55. The number of hydrogen-bond acceptors (Lipinski definition) is 7. The van der Waals surface area contributed by atoms with Gasteiger partial charge in [-0.05, 0) is 41.8 Å². The Morgan fingerprint density at radius 2 is 2.15 bits per heavy atom. The number of rotatable bonds is 5. The Bertz CT molecular complexity index is 835. The van der Waals surface area contributed by atoms with Crippen LogP contribution < -0.4 is 10.2 Å². The van der Waals surface area contributed by atoms with Crippen molar-refractivity contribution >= 4 is 50.0 Å². The first-order valence-electron chi connectivity index (χ1n) is 8.52. The fraction of sp³-hybridized carbons (Fsp3) is 0.529. The Labute approximate surface area is 169 Å². The number of anilines is 1. The van der Waals surface area contributed by atoms with Gasteiger partial charge in [-0.25, -0.2) is 14.8 Å². The number of carbonyl (C=O) groups excluding carboxylic acids is 1. The fourth-order valence-electron chi connectivity index (χ4n) is 3.17. The van der Waals surface area contributed by atoms with Gasteiger partial charge >= 0.3 is 5.97 Å². The molecule has 2 aliphatic rings. The number of aromatic nitrogens is 1. The summed E-state index contributed by atoms with van der Waals surface area (Å²) in [6.07, 6.45) is 0.991. The van der Waals surface area contributed by atoms with Gasteiger partial charge in [0.1, 0.15) is 15.2 Å². The lowest BCUT2D eigenvalue weighted by molar-refractivity contribution is -0.116. The maximum atomic E-state index is 12.5. The number of hydrogen-bond donors (Lipinski definition) is 2. The first-order valence-corrected chi connectivity index (χ1v) is 10.1. The van der Waals surface area contributed by atoms with Crippen LogP contribution in [0, 0.1) is 6.92 Å². The quantitative estimate of drug-likeness (QED) is 0.658. The van der Waals surface area contributed by atoms with E-state index in [0.717, 1.165) is 10.2 Å². The highest BCUT2D eigenvalue weighted by Crippen LogP contribution is 2.29. The summed E-state index contributed by atoms with van der Waals surface area (Å²) in [5.74, 6) is -1.14. The molecule has 2 aliphatic heterocycles. The van der Waals surface area contributed by atoms with E-state index in [1.807, 2.05) is 11.8 Å². The normalized spacial score (nSPS) is 22.8. The van der Waals surface area contributed by atoms with Gasteiger partial charge in [0.15, 0.2) is 5.13 Å². The molecule has 8 nitrogen and oxygen atoms in total. The Morgan fingerprint density at radius 1 is 1.41 bits per heavy atom. The van der Waals surface area contributed by atoms with Gasteiger partial charge in [-0.15, -0.1) is 0 Å². The highest BCUT2D eigenvalue weighted by molar-refractivity contribution is 9.11. The van der Waals surface area contributed by atoms with Crippen LogP contribution in [-0.2, 0) is 9.53 Å². The van der Waals surface area contributed by atoms with Gasteiger partial charge in [-0.1, -0.05) is 11.3 Å². The van der Waals surface area contributed by atoms with Crippen molar-refractivity contribution in [2.45, 2.75) is 38.8 Å². The molecule has 1 aromatic rings. The summed E-state index contributed by atoms with van der Waals surface area (Å²) in [5.41, 5.74) is 2.05. The van der Waals surface area contributed by atoms with Crippen LogP contribution in [0.25, 0.3) is 0 Å². The third-order valence-corrected chi connectivity index (χ3v) is 6.77. The Hall–Kier alpha value is -1.78. The summed E-state index contributed by atoms with van der Waals surface area (Å²) in [6, 6.07) is -0.138. The van der Waals surface area contributed by atoms with E-state index in [2.05, 4.69) is 31.2 Å². The van der Waals surface area contributed by atoms with Crippen molar-refractivity contribution in [3.8, 4) is 0 Å². The van der Waals surface area contributed by atoms with Crippen LogP contribution in [0.1, 0.15) is 35.1 Å². The number of carbonyl (C=O) groups is 2. The molecule has 3 heterocycles. The molecule has 0 aliphatic carbocycles. The van der Waals surface area contributed by atoms with Crippen molar-refractivity contribution in [3.05, 3.63) is 20.8 Å². The van der Waals surface area contributed by atoms with Crippen molar-refractivity contribution in [3.63, 3.8) is 0 Å². The number of piperidine rings is 1. The van der Waals surface area contributed by atoms with E-state index in [1.165, 1.54) is 11.3 Å². The molecule has 1 aromatic heterocycles. The first kappa shape index (κ1) is 20.0. The summed E-state index contributed by atoms with van der Waals surface area (Å²) in [7, 11) is 1.61. The van der Waals surface area contributed by atoms with Crippen LogP contribution in [0.5, 0.6) is 0 Å². The van der Waals surface area contributed by atoms with Crippen molar-refractivity contribution < 1.29 is 19.4 Å². The molecule has 0 radical (unpaired) electrons. The number of ether oxygens (including phenoxy) is 1. The van der Waals surface area contributed by atoms with Crippen LogP contribution in [0.2, 0.25) is 0 Å². The molecule has 0 bridgehead atoms. The zero-order chi connectivity index (χ0) is 19.7. The Morgan fingerprint density at radius 3 is 2.70 bits per heavy atom. The monoisotopic (exact) mass is 456 g/mol. The molecule has 2 atom stereocenters. The Kier molecular flexibility index (Phi) is 5.97. The number of carboxylic acid groups (broad SMARTS) is 1. The fourth-order valence-corrected chi connectivity index (χ4v) is 4.47. The van der Waals surface area contributed by atoms with Gasteiger partial charge in [-0.3, -0.25) is 4.79 Å². The average Bonchev–Trinajstić information content (AvgIpc) is 3.18. The number of amides is 1. The number of nitrogens with zero attached hydrogens (tertiary/aromatic N) is 3. The largest absolute Gasteiger partial charge is 0.477 e. The second kappa shape index (κ2) is 8.07. The summed E-state index contributed by atoms with van der Waals surface area (Å²) in [5, 5.41) is 12.9. The van der Waals surface area contributed by atoms with E-state index < -0.39 is 5.97 Å². The molecular formula is C17H21BrN4O4S. The minimum Gasteiger partial charge on any atom is -0.477 e. The predicted octanol–water partition coefficient (Wildman–Crippen LogP) is 2.33. The summed E-state index contributed by atoms with van der Waals surface area (Å²) in [4.78, 5) is 34.7. The molecule has 0 unspecified atom stereocenters. The van der Waals surface area contributed by atoms with Crippen LogP contribution >= 0.6 is 27.3 Å². The Balaban J connectivity index is 1.65. The van der Waals surface area contributed by atoms with E-state index in [-0.39, 0.29) is 22.9 Å². The lowest BCUT2D eigenvalue weighted by atomic mass is 10.0. The maximum Gasteiger partial charge on any atom is 0.347 e. The van der Waals surface area contributed by atoms with Crippen LogP contribution in [0.3, 0.4) is 0 Å². The highest BCUT2D eigenvalue weighted by atomic mass is 79.9. The minimum absolute atomic E-state index is 0.138. The third kappa shape index (κ3) is 4.22. The molecule has 146 valence electrons. The van der Waals surface area contributed by atoms with E-state index in [4.69, 9.17) is 4.74 Å². The van der Waals surface area contributed by atoms with Gasteiger partial charge < -0.3 is 20.1 Å². The number of thiazole rings is 1. The van der Waals surface area contributed by atoms with E-state index in [0.29, 0.717) is 42.5 Å². The molecule has 2 N–H and O–H groups in total. The number of aromatic carboxylic acids is 1. The first-order chi connectivity index (χ1) is 12.8. The van der Waals surface area contributed by atoms with E-state index in [9.17, 15) is 14.7 Å². The highest BCUT2D eigenvalue weighted by Gasteiger charge is 2.33. The third-order valence-electron chi connectivity index (χ3n) is 4.71. The number of methoxy groups -OCH3 is 1. The number of allylic oxidation sites excluding steroid dienone is 1. The van der Waals surface area contributed by atoms with Crippen molar-refractivity contribution in [2.24, 2.45) is 4.99 Å². The SMILES string of the molecule is CO[C@H]1CN(c2nc(C)c(C(=O)O)s2)CC[C@H]1NC(=O)C1=NC(Br)=C(C)C1. The maximum absolute atomic E-state index is 12.5. The van der Waals surface area contributed by atoms with Crippen LogP contribution in [0.15, 0.2) is 15.2 Å². The predicted molar refractivity (Wildman–Crippen MR) is 107 cm³/mol. The molecule has 1 saturated heterocycles. The topological polar surface area (TPSA) is 104 Å². The van der Waals surface area contributed by atoms with Crippen LogP contribution in [-0.4, -0.2) is 60.0 Å². The number of nitrogens with one attached hydrogen (secondary N) is 1. The summed E-state index contributed by atoms with van der Waals surface area (Å²) >= 11 is 4.51. The smallest absolute Gasteiger partial charge is 0.347 e. The van der Waals surface area contributed by atoms with Gasteiger partial charge in [0.2, 0.25) is 0 Å². The molecule has 1 amide bonds. The van der Waals surface area contributed by atoms with Gasteiger partial charge in [0.25, 0.3) is 5.91 Å². The van der Waals surface area contributed by atoms with Gasteiger partial charge in [0, 0.05) is 26.6 Å². The van der Waals surface area contributed by atoms with E-state index >= 15 is 0 Å². The van der Waals surface area contributed by atoms with Crippen molar-refractivity contribution in [2.75, 3.05) is 25.1 Å². The molecule has 0 spiro atoms. The molecule has 0 aromatic carbocycles. The standard InChI is InChI=1S/C17H21BrN4O4S/c1-8-6-11(20-14(8)18)15(23)21-10-4-5-22(7-12(10)26-3)17-19-9(2)13(27-17)16(24)25/h10,12H,4-7H2,1-3H3,(H,21,23)(H,24,25)/t10-,12+/m1/s1. The molecule has 10 heteroatoms.